The van der Waals surface area contributed by atoms with Gasteiger partial charge in [0.15, 0.2) is 4.80 Å². The largest absolute Gasteiger partial charge is 0.463 e. The molecule has 3 aliphatic carbocycles. The Kier molecular flexibility index (Phi) is 8.05. The van der Waals surface area contributed by atoms with Gasteiger partial charge < -0.3 is 4.74 Å². The Morgan fingerprint density at radius 1 is 0.914 bits per heavy atom. The highest BCUT2D eigenvalue weighted by atomic mass is 35.5. The molecule has 1 saturated heterocycles. The zero-order valence-corrected chi connectivity index (χ0v) is 32.5. The third-order valence-corrected chi connectivity index (χ3v) is 13.3. The Morgan fingerprint density at radius 3 is 2.28 bits per heavy atom. The monoisotopic (exact) mass is 806 g/mol. The number of esters is 1. The van der Waals surface area contributed by atoms with Crippen LogP contribution >= 0.6 is 22.9 Å². The lowest BCUT2D eigenvalue weighted by Gasteiger charge is -2.53. The molecular formula is C45H31ClN4O7S. The van der Waals surface area contributed by atoms with Crippen LogP contribution in [0.1, 0.15) is 53.6 Å². The number of imide groups is 1. The number of hydrogen-bond acceptors (Lipinski definition) is 9. The average molecular weight is 807 g/mol. The number of amides is 2. The Labute approximate surface area is 338 Å². The maximum atomic E-state index is 15.3. The molecule has 2 amide bonds. The number of nitro groups is 1. The Morgan fingerprint density at radius 2 is 1.57 bits per heavy atom. The van der Waals surface area contributed by atoms with Crippen LogP contribution in [-0.2, 0) is 24.5 Å². The second-order valence-electron chi connectivity index (χ2n) is 14.8. The number of allylic oxidation sites excluding steroid dienone is 1. The Bertz CT molecular complexity index is 3030. The molecule has 0 spiro atoms. The quantitative estimate of drug-likeness (QED) is 0.0788. The molecular weight excluding hydrogens is 776 g/mol. The lowest BCUT2D eigenvalue weighted by molar-refractivity contribution is -0.384. The zero-order valence-electron chi connectivity index (χ0n) is 30.9. The number of nitrogens with zero attached hydrogens (tertiary/aromatic N) is 4. The van der Waals surface area contributed by atoms with Crippen molar-refractivity contribution >= 4 is 68.9 Å². The molecule has 3 atom stereocenters. The molecule has 13 heteroatoms. The smallest absolute Gasteiger partial charge is 0.338 e. The van der Waals surface area contributed by atoms with E-state index >= 15 is 9.59 Å². The summed E-state index contributed by atoms with van der Waals surface area (Å²) in [6.07, 6.45) is 1.80. The highest BCUT2D eigenvalue weighted by molar-refractivity contribution is 7.07. The van der Waals surface area contributed by atoms with E-state index in [1.165, 1.54) is 16.7 Å². The van der Waals surface area contributed by atoms with E-state index in [1.807, 2.05) is 91.0 Å². The van der Waals surface area contributed by atoms with Gasteiger partial charge in [-0.1, -0.05) is 114 Å². The first-order valence-corrected chi connectivity index (χ1v) is 19.9. The lowest BCUT2D eigenvalue weighted by Crippen LogP contribution is -2.53. The molecule has 11 nitrogen and oxygen atoms in total. The number of aromatic nitrogens is 1. The van der Waals surface area contributed by atoms with Gasteiger partial charge in [-0.3, -0.25) is 29.1 Å². The molecule has 6 aromatic rings. The standard InChI is InChI=1S/C45H31ClN4O7S/c1-3-57-43(54)35-23(2)47-44-49(39(35)27-16-10-12-24-11-4-5-13-26(24)27)40(51)34(58-44)22-45-30-17-8-6-14-28(30)36(29-15-7-9-18-31(29)45)37-38(45)42(53)48(41(37)52)32-20-19-25(46)21-33(32)50(55)56/h4-22,36-39H,3H2,1-2H3/b34-22+/t36?,37-,38-,39+,45?/m0/s1. The first kappa shape index (κ1) is 35.9. The second-order valence-corrected chi connectivity index (χ2v) is 16.2. The van der Waals surface area contributed by atoms with Crippen LogP contribution in [0.4, 0.5) is 11.4 Å². The van der Waals surface area contributed by atoms with Gasteiger partial charge in [0.05, 0.1) is 50.6 Å². The maximum absolute atomic E-state index is 15.3. The molecule has 1 fully saturated rings. The number of carbonyl (C=O) groups is 3. The van der Waals surface area contributed by atoms with Gasteiger partial charge in [-0.2, -0.15) is 0 Å². The summed E-state index contributed by atoms with van der Waals surface area (Å²) in [7, 11) is 0. The van der Waals surface area contributed by atoms with E-state index in [4.69, 9.17) is 21.3 Å². The normalized spacial score (nSPS) is 23.0. The van der Waals surface area contributed by atoms with Crippen molar-refractivity contribution in [2.75, 3.05) is 11.5 Å². The van der Waals surface area contributed by atoms with Crippen LogP contribution in [-0.4, -0.2) is 33.9 Å². The van der Waals surface area contributed by atoms with E-state index in [9.17, 15) is 19.7 Å². The topological polar surface area (TPSA) is 141 Å². The highest BCUT2D eigenvalue weighted by Crippen LogP contribution is 2.65. The van der Waals surface area contributed by atoms with Crippen molar-refractivity contribution in [2.24, 2.45) is 16.8 Å². The summed E-state index contributed by atoms with van der Waals surface area (Å²) in [6, 6.07) is 31.7. The van der Waals surface area contributed by atoms with Gasteiger partial charge in [0, 0.05) is 17.0 Å². The molecule has 11 rings (SSSR count). The van der Waals surface area contributed by atoms with Crippen molar-refractivity contribution < 1.29 is 24.0 Å². The summed E-state index contributed by atoms with van der Waals surface area (Å²) >= 11 is 7.32. The molecule has 3 heterocycles. The molecule has 0 N–H and O–H groups in total. The number of halogens is 1. The van der Waals surface area contributed by atoms with Gasteiger partial charge in [-0.15, -0.1) is 0 Å². The number of nitro benzene ring substituents is 1. The van der Waals surface area contributed by atoms with Gasteiger partial charge in [0.25, 0.3) is 11.2 Å². The fourth-order valence-corrected chi connectivity index (χ4v) is 11.2. The summed E-state index contributed by atoms with van der Waals surface area (Å²) in [5.74, 6) is -4.34. The molecule has 2 bridgehead atoms. The van der Waals surface area contributed by atoms with Gasteiger partial charge in [0.2, 0.25) is 11.8 Å². The van der Waals surface area contributed by atoms with E-state index < -0.39 is 63.2 Å². The molecule has 0 saturated carbocycles. The first-order valence-electron chi connectivity index (χ1n) is 18.8. The summed E-state index contributed by atoms with van der Waals surface area (Å²) in [5.41, 5.74) is 2.08. The molecule has 286 valence electrons. The zero-order chi connectivity index (χ0) is 40.2. The lowest BCUT2D eigenvalue weighted by atomic mass is 9.47. The van der Waals surface area contributed by atoms with Gasteiger partial charge >= 0.3 is 5.97 Å². The van der Waals surface area contributed by atoms with E-state index in [0.29, 0.717) is 16.1 Å². The van der Waals surface area contributed by atoms with E-state index in [2.05, 4.69) is 0 Å². The third-order valence-electron chi connectivity index (χ3n) is 12.1. The predicted molar refractivity (Wildman–Crippen MR) is 218 cm³/mol. The number of hydrogen-bond donors (Lipinski definition) is 0. The number of fused-ring (bicyclic) bond motifs is 2. The van der Waals surface area contributed by atoms with Crippen molar-refractivity contribution in [2.45, 2.75) is 31.2 Å². The molecule has 58 heavy (non-hydrogen) atoms. The van der Waals surface area contributed by atoms with Crippen LogP contribution in [0.5, 0.6) is 0 Å². The maximum Gasteiger partial charge on any atom is 0.338 e. The highest BCUT2D eigenvalue weighted by Gasteiger charge is 2.68. The second kappa shape index (κ2) is 13.0. The fourth-order valence-electron chi connectivity index (χ4n) is 9.93. The molecule has 0 unspecified atom stereocenters. The van der Waals surface area contributed by atoms with Crippen LogP contribution in [0, 0.1) is 22.0 Å². The van der Waals surface area contributed by atoms with Gasteiger partial charge in [-0.25, -0.2) is 14.7 Å². The fraction of sp³-hybridized carbons (Fsp3) is 0.178. The van der Waals surface area contributed by atoms with E-state index in [-0.39, 0.29) is 27.4 Å². The van der Waals surface area contributed by atoms with Crippen molar-refractivity contribution in [1.29, 1.82) is 0 Å². The van der Waals surface area contributed by atoms with Crippen molar-refractivity contribution in [1.82, 2.24) is 4.57 Å². The number of ether oxygens (including phenoxy) is 1. The number of benzene rings is 5. The van der Waals surface area contributed by atoms with Crippen LogP contribution in [0.15, 0.2) is 130 Å². The van der Waals surface area contributed by atoms with Crippen LogP contribution in [0.25, 0.3) is 16.8 Å². The third kappa shape index (κ3) is 4.82. The SMILES string of the molecule is CCOC(=O)C1=C(C)N=c2s/c(=C/C34c5ccccc5C(c5ccccc53)[C@@H]3C(=O)N(c5ccc(Cl)cc5[N+](=O)[O-])C(=O)[C@H]34)c(=O)n2[C@@H]1c1cccc2ccccc12. The molecule has 5 aromatic carbocycles. The van der Waals surface area contributed by atoms with Crippen LogP contribution in [0.3, 0.4) is 0 Å². The van der Waals surface area contributed by atoms with Crippen LogP contribution in [0.2, 0.25) is 5.02 Å². The average Bonchev–Trinajstić information content (AvgIpc) is 3.67. The van der Waals surface area contributed by atoms with Crippen molar-refractivity contribution in [3.63, 3.8) is 0 Å². The van der Waals surface area contributed by atoms with E-state index in [1.54, 1.807) is 19.9 Å². The summed E-state index contributed by atoms with van der Waals surface area (Å²) in [5, 5.41) is 14.2. The van der Waals surface area contributed by atoms with Crippen LogP contribution < -0.4 is 19.8 Å². The predicted octanol–water partition coefficient (Wildman–Crippen LogP) is 6.72. The molecule has 2 aliphatic heterocycles. The van der Waals surface area contributed by atoms with Crippen molar-refractivity contribution in [3.8, 4) is 0 Å². The minimum Gasteiger partial charge on any atom is -0.463 e. The number of carbonyl (C=O) groups excluding carboxylic acids is 3. The van der Waals surface area contributed by atoms with Gasteiger partial charge in [0.1, 0.15) is 5.69 Å². The first-order chi connectivity index (χ1) is 28.1. The minimum atomic E-state index is -1.37. The summed E-state index contributed by atoms with van der Waals surface area (Å²) in [6.45, 7) is 3.57. The number of thiazole rings is 1. The van der Waals surface area contributed by atoms with Gasteiger partial charge in [-0.05, 0) is 70.6 Å². The minimum absolute atomic E-state index is 0.0850. The molecule has 1 aromatic heterocycles. The van der Waals surface area contributed by atoms with E-state index in [0.717, 1.165) is 55.3 Å². The number of rotatable bonds is 6. The molecule has 5 aliphatic rings. The Balaban J connectivity index is 1.26. The number of anilines is 1. The summed E-state index contributed by atoms with van der Waals surface area (Å²) < 4.78 is 7.34. The Hall–Kier alpha value is -6.50. The summed E-state index contributed by atoms with van der Waals surface area (Å²) in [4.78, 5) is 76.8. The van der Waals surface area contributed by atoms with Crippen molar-refractivity contribution in [3.05, 3.63) is 183 Å². The molecule has 0 radical (unpaired) electrons.